The van der Waals surface area contributed by atoms with Gasteiger partial charge in [0.2, 0.25) is 0 Å². The predicted molar refractivity (Wildman–Crippen MR) is 272 cm³/mol. The lowest BCUT2D eigenvalue weighted by Crippen LogP contribution is -2.10. The van der Waals surface area contributed by atoms with Crippen molar-refractivity contribution in [3.8, 4) is 0 Å². The van der Waals surface area contributed by atoms with E-state index < -0.39 is 54.2 Å². The minimum atomic E-state index is -1.07. The van der Waals surface area contributed by atoms with Crippen molar-refractivity contribution < 1.29 is 81.7 Å². The number of aromatic amines is 2. The van der Waals surface area contributed by atoms with Crippen molar-refractivity contribution in [3.05, 3.63) is 69.3 Å². The number of carbonyl (C=O) groups excluding carboxylic acids is 8. The van der Waals surface area contributed by atoms with Crippen LogP contribution >= 0.6 is 0 Å². The molecule has 3 aromatic rings. The number of hydrogen-bond acceptors (Lipinski definition) is 19. The van der Waals surface area contributed by atoms with E-state index in [1.54, 1.807) is 72.7 Å². The molecule has 3 aromatic heterocycles. The van der Waals surface area contributed by atoms with Gasteiger partial charge in [-0.25, -0.2) is 14.8 Å². The number of hydrogen-bond donors (Lipinski definition) is 3. The van der Waals surface area contributed by atoms with Gasteiger partial charge in [0, 0.05) is 47.8 Å². The van der Waals surface area contributed by atoms with E-state index in [1.165, 1.54) is 0 Å². The second-order valence-electron chi connectivity index (χ2n) is 16.9. The highest BCUT2D eigenvalue weighted by atomic mass is 17.1. The molecule has 5 heterocycles. The summed E-state index contributed by atoms with van der Waals surface area (Å²) in [5, 5.41) is 9.63. The van der Waals surface area contributed by atoms with Crippen LogP contribution in [0.2, 0.25) is 0 Å². The molecule has 0 aromatic carbocycles. The molecule has 0 atom stereocenters. The summed E-state index contributed by atoms with van der Waals surface area (Å²) in [5.41, 5.74) is 5.32. The summed E-state index contributed by atoms with van der Waals surface area (Å²) in [5.74, 6) is -5.00. The van der Waals surface area contributed by atoms with Gasteiger partial charge in [0.1, 0.15) is 0 Å². The number of nitrogens with one attached hydrogen (secondary N) is 2. The van der Waals surface area contributed by atoms with Crippen LogP contribution in [0, 0.1) is 0 Å². The molecule has 0 saturated heterocycles. The fraction of sp³-hybridized carbons (Fsp3) is 0.481. The Morgan fingerprint density at radius 2 is 0.653 bits per heavy atom. The van der Waals surface area contributed by atoms with Crippen LogP contribution < -0.4 is 0 Å². The topological polar surface area (TPSA) is 288 Å². The highest BCUT2D eigenvalue weighted by Gasteiger charge is 2.29. The number of rotatable bonds is 27. The summed E-state index contributed by atoms with van der Waals surface area (Å²) in [7, 11) is 0. The molecule has 0 saturated carbocycles. The molecule has 0 spiro atoms. The molecule has 21 nitrogen and oxygen atoms in total. The molecule has 0 fully saturated rings. The standard InChI is InChI=1S/C54H66N4O17/c1-8-68-47(59)19-15-31-35(23-51(63)72-12-5)43-27-40-32(16-20-48(60)69-9-2)36(24-52(64)73-13-6)45(56-40)29-42-34(18-22-50(62)71-11-4)38(26-54(66)75-67)46(58-42)30-41-33(17-21-49(61)70-10-3)37(25-53(65)74-14-7)44(57-41)28-39(31)55-43/h27-30,55-56,67H,8-26H2,1-7H3. The Morgan fingerprint density at radius 3 is 1.05 bits per heavy atom. The van der Waals surface area contributed by atoms with Crippen molar-refractivity contribution in [3.63, 3.8) is 0 Å². The third kappa shape index (κ3) is 15.9. The van der Waals surface area contributed by atoms with Crippen LogP contribution in [0.15, 0.2) is 24.3 Å². The molecule has 3 N–H and O–H groups in total. The molecule has 404 valence electrons. The Kier molecular flexibility index (Phi) is 22.3. The van der Waals surface area contributed by atoms with Crippen LogP contribution in [0.4, 0.5) is 0 Å². The fourth-order valence-corrected chi connectivity index (χ4v) is 8.92. The number of carbonyl (C=O) groups is 8. The second kappa shape index (κ2) is 28.7. The normalized spacial score (nSPS) is 12.0. The van der Waals surface area contributed by atoms with Gasteiger partial charge in [-0.3, -0.25) is 33.6 Å². The summed E-state index contributed by atoms with van der Waals surface area (Å²) in [6.07, 6.45) is -2.01. The van der Waals surface area contributed by atoms with Crippen molar-refractivity contribution >= 4 is 92.1 Å². The first kappa shape index (κ1) is 58.2. The minimum absolute atomic E-state index is 0.00595. The van der Waals surface area contributed by atoms with E-state index in [1.807, 2.05) is 0 Å². The van der Waals surface area contributed by atoms with E-state index in [0.29, 0.717) is 61.0 Å². The third-order valence-electron chi connectivity index (χ3n) is 12.0. The average molecular weight is 1040 g/mol. The van der Waals surface area contributed by atoms with Gasteiger partial charge in [-0.05, 0) is 143 Å². The van der Waals surface area contributed by atoms with Crippen LogP contribution in [0.1, 0.15) is 145 Å². The lowest BCUT2D eigenvalue weighted by molar-refractivity contribution is -0.233. The maximum atomic E-state index is 13.6. The number of aromatic nitrogens is 4. The Labute approximate surface area is 433 Å². The van der Waals surface area contributed by atoms with Crippen molar-refractivity contribution in [1.29, 1.82) is 0 Å². The lowest BCUT2D eigenvalue weighted by Gasteiger charge is -2.09. The first-order valence-corrected chi connectivity index (χ1v) is 25.3. The zero-order chi connectivity index (χ0) is 54.6. The molecule has 0 unspecified atom stereocenters. The molecule has 2 aliphatic rings. The lowest BCUT2D eigenvalue weighted by atomic mass is 9.95. The quantitative estimate of drug-likeness (QED) is 0.0290. The molecule has 21 heteroatoms. The molecular formula is C54H66N4O17. The Bertz CT molecular complexity index is 2870. The van der Waals surface area contributed by atoms with Crippen molar-refractivity contribution in [2.75, 3.05) is 46.2 Å². The van der Waals surface area contributed by atoms with Crippen LogP contribution in [-0.2, 0) is 102 Å². The Balaban J connectivity index is 2.10. The van der Waals surface area contributed by atoms with Gasteiger partial charge in [0.25, 0.3) is 0 Å². The summed E-state index contributed by atoms with van der Waals surface area (Å²) in [6, 6.07) is 6.52. The molecule has 8 bridgehead atoms. The van der Waals surface area contributed by atoms with Crippen molar-refractivity contribution in [2.24, 2.45) is 0 Å². The molecule has 5 rings (SSSR count). The predicted octanol–water partition coefficient (Wildman–Crippen LogP) is 7.39. The summed E-state index contributed by atoms with van der Waals surface area (Å²) in [6.45, 7) is 12.3. The number of allylic oxidation sites excluding steroid dienone is 2. The van der Waals surface area contributed by atoms with Crippen LogP contribution in [0.25, 0.3) is 44.4 Å². The molecule has 0 amide bonds. The smallest absolute Gasteiger partial charge is 0.346 e. The van der Waals surface area contributed by atoms with E-state index in [9.17, 15) is 43.6 Å². The Hall–Kier alpha value is -7.68. The summed E-state index contributed by atoms with van der Waals surface area (Å²) < 4.78 is 37.6. The highest BCUT2D eigenvalue weighted by Crippen LogP contribution is 2.41. The van der Waals surface area contributed by atoms with Crippen LogP contribution in [0.5, 0.6) is 0 Å². The summed E-state index contributed by atoms with van der Waals surface area (Å²) in [4.78, 5) is 127. The van der Waals surface area contributed by atoms with Gasteiger partial charge >= 0.3 is 47.8 Å². The largest absolute Gasteiger partial charge is 0.466 e. The molecule has 0 aliphatic carbocycles. The minimum Gasteiger partial charge on any atom is -0.466 e. The summed E-state index contributed by atoms with van der Waals surface area (Å²) >= 11 is 0. The second-order valence-corrected chi connectivity index (χ2v) is 16.9. The number of fused-ring (bicyclic) bond motifs is 8. The maximum Gasteiger partial charge on any atom is 0.346 e. The van der Waals surface area contributed by atoms with Crippen LogP contribution in [-0.4, -0.2) is 119 Å². The Morgan fingerprint density at radius 1 is 0.360 bits per heavy atom. The number of nitrogens with zero attached hydrogens (tertiary/aromatic N) is 2. The van der Waals surface area contributed by atoms with E-state index >= 15 is 0 Å². The average Bonchev–Trinajstić information content (AvgIpc) is 4.05. The molecule has 75 heavy (non-hydrogen) atoms. The number of H-pyrrole nitrogens is 2. The maximum absolute atomic E-state index is 13.6. The van der Waals surface area contributed by atoms with Crippen molar-refractivity contribution in [1.82, 2.24) is 19.9 Å². The number of esters is 7. The van der Waals surface area contributed by atoms with Gasteiger partial charge in [-0.15, -0.1) is 0 Å². The van der Waals surface area contributed by atoms with E-state index in [0.717, 1.165) is 0 Å². The fourth-order valence-electron chi connectivity index (χ4n) is 8.92. The number of aryl methyl sites for hydroxylation is 2. The SMILES string of the molecule is CCOC(=O)CCC1=C(CC(=O)OO)c2cc3nc(cc4[nH]c(cc5[nH]c(cc1n2)c(CC(=O)OCC)c5CCC(=O)OCC)c(CC(=O)OCC)c4CCC(=O)OCC)C(CC(=O)OCC)=C3CCC(=O)OCC. The van der Waals surface area contributed by atoms with Gasteiger partial charge in [0.05, 0.1) is 94.7 Å². The van der Waals surface area contributed by atoms with Crippen LogP contribution in [0.3, 0.4) is 0 Å². The van der Waals surface area contributed by atoms with E-state index in [4.69, 9.17) is 43.1 Å². The molecule has 0 radical (unpaired) electrons. The zero-order valence-corrected chi connectivity index (χ0v) is 43.6. The number of ether oxygens (including phenoxy) is 7. The van der Waals surface area contributed by atoms with E-state index in [-0.39, 0.29) is 145 Å². The van der Waals surface area contributed by atoms with Gasteiger partial charge in [-0.1, -0.05) is 0 Å². The van der Waals surface area contributed by atoms with E-state index in [2.05, 4.69) is 14.9 Å². The monoisotopic (exact) mass is 1040 g/mol. The van der Waals surface area contributed by atoms with Gasteiger partial charge in [-0.2, -0.15) is 5.26 Å². The zero-order valence-electron chi connectivity index (χ0n) is 43.6. The third-order valence-corrected chi connectivity index (χ3v) is 12.0. The first-order valence-electron chi connectivity index (χ1n) is 25.3. The molecular weight excluding hydrogens is 977 g/mol. The van der Waals surface area contributed by atoms with Gasteiger partial charge < -0.3 is 48.0 Å². The van der Waals surface area contributed by atoms with Crippen molar-refractivity contribution in [2.45, 2.75) is 126 Å². The highest BCUT2D eigenvalue weighted by molar-refractivity contribution is 6.03. The molecule has 2 aliphatic heterocycles. The van der Waals surface area contributed by atoms with Gasteiger partial charge in [0.15, 0.2) is 0 Å². The first-order chi connectivity index (χ1) is 36.1.